The third kappa shape index (κ3) is 3.63. The van der Waals surface area contributed by atoms with Gasteiger partial charge >= 0.3 is 0 Å². The Labute approximate surface area is 91.3 Å². The number of hydrogen-bond acceptors (Lipinski definition) is 3. The Hall–Kier alpha value is -0.900. The minimum Gasteiger partial charge on any atom is -0.392 e. The van der Waals surface area contributed by atoms with E-state index < -0.39 is 0 Å². The van der Waals surface area contributed by atoms with E-state index in [-0.39, 0.29) is 12.0 Å². The van der Waals surface area contributed by atoms with Gasteiger partial charge in [0.2, 0.25) is 0 Å². The zero-order valence-electron chi connectivity index (χ0n) is 10.0. The predicted octanol–water partition coefficient (Wildman–Crippen LogP) is 1.49. The summed E-state index contributed by atoms with van der Waals surface area (Å²) in [6.45, 7) is 9.18. The van der Waals surface area contributed by atoms with E-state index in [9.17, 15) is 5.11 Å². The molecule has 1 rings (SSSR count). The summed E-state index contributed by atoms with van der Waals surface area (Å²) in [4.78, 5) is 0. The van der Waals surface area contributed by atoms with Gasteiger partial charge in [0.15, 0.2) is 0 Å². The maximum Gasteiger partial charge on any atom is 0.0726 e. The lowest BCUT2D eigenvalue weighted by Gasteiger charge is -2.15. The first-order valence-corrected chi connectivity index (χ1v) is 5.56. The van der Waals surface area contributed by atoms with Crippen LogP contribution in [0.5, 0.6) is 0 Å². The normalized spacial score (nSPS) is 13.8. The maximum atomic E-state index is 9.79. The van der Waals surface area contributed by atoms with Gasteiger partial charge in [-0.25, -0.2) is 4.68 Å². The smallest absolute Gasteiger partial charge is 0.0726 e. The molecule has 1 atom stereocenters. The van der Waals surface area contributed by atoms with Crippen molar-refractivity contribution in [2.45, 2.75) is 46.8 Å². The van der Waals surface area contributed by atoms with Gasteiger partial charge in [0, 0.05) is 13.0 Å². The van der Waals surface area contributed by atoms with Gasteiger partial charge in [-0.3, -0.25) is 0 Å². The van der Waals surface area contributed by atoms with Crippen molar-refractivity contribution in [3.05, 3.63) is 11.9 Å². The van der Waals surface area contributed by atoms with Crippen molar-refractivity contribution in [1.82, 2.24) is 15.0 Å². The van der Waals surface area contributed by atoms with Crippen LogP contribution in [0.15, 0.2) is 6.20 Å². The number of aromatic nitrogens is 3. The third-order valence-electron chi connectivity index (χ3n) is 2.42. The van der Waals surface area contributed by atoms with Crippen LogP contribution in [0, 0.1) is 11.8 Å². The third-order valence-corrected chi connectivity index (χ3v) is 2.42. The van der Waals surface area contributed by atoms with Crippen LogP contribution in [0.3, 0.4) is 0 Å². The number of rotatable bonds is 5. The van der Waals surface area contributed by atoms with Gasteiger partial charge in [0.05, 0.1) is 18.0 Å². The number of nitrogens with zero attached hydrogens (tertiary/aromatic N) is 3. The van der Waals surface area contributed by atoms with Gasteiger partial charge in [-0.1, -0.05) is 32.9 Å². The summed E-state index contributed by atoms with van der Waals surface area (Å²) in [7, 11) is 0. The monoisotopic (exact) mass is 211 g/mol. The first-order chi connectivity index (χ1) is 7.00. The van der Waals surface area contributed by atoms with Crippen molar-refractivity contribution < 1.29 is 5.11 Å². The van der Waals surface area contributed by atoms with Crippen molar-refractivity contribution >= 4 is 0 Å². The summed E-state index contributed by atoms with van der Waals surface area (Å²) in [6, 6.07) is 0. The van der Waals surface area contributed by atoms with E-state index in [2.05, 4.69) is 24.2 Å². The Bertz CT molecular complexity index is 294. The summed E-state index contributed by atoms with van der Waals surface area (Å²) < 4.78 is 1.89. The highest BCUT2D eigenvalue weighted by molar-refractivity contribution is 4.96. The van der Waals surface area contributed by atoms with E-state index in [0.29, 0.717) is 12.3 Å². The minimum atomic E-state index is -0.311. The van der Waals surface area contributed by atoms with Gasteiger partial charge in [0.25, 0.3) is 0 Å². The molecule has 1 N–H and O–H groups in total. The lowest BCUT2D eigenvalue weighted by Crippen LogP contribution is -2.20. The molecule has 4 nitrogen and oxygen atoms in total. The molecule has 4 heteroatoms. The fourth-order valence-corrected chi connectivity index (χ4v) is 1.39. The second kappa shape index (κ2) is 5.26. The highest BCUT2D eigenvalue weighted by Crippen LogP contribution is 2.10. The standard InChI is InChI=1S/C11H21N3O/c1-8(2)7-14-10(6-12-13-14)5-11(15)9(3)4/h6,8-9,11,15H,5,7H2,1-4H3. The van der Waals surface area contributed by atoms with Crippen LogP contribution >= 0.6 is 0 Å². The molecule has 86 valence electrons. The highest BCUT2D eigenvalue weighted by Gasteiger charge is 2.14. The molecule has 1 heterocycles. The van der Waals surface area contributed by atoms with Crippen LogP contribution in [-0.2, 0) is 13.0 Å². The lowest BCUT2D eigenvalue weighted by atomic mass is 10.0. The second-order valence-electron chi connectivity index (χ2n) is 4.82. The molecular weight excluding hydrogens is 190 g/mol. The Morgan fingerprint density at radius 3 is 2.53 bits per heavy atom. The molecule has 0 aliphatic rings. The van der Waals surface area contributed by atoms with Gasteiger partial charge in [-0.05, 0) is 11.8 Å². The molecule has 0 fully saturated rings. The Morgan fingerprint density at radius 1 is 1.33 bits per heavy atom. The average molecular weight is 211 g/mol. The van der Waals surface area contributed by atoms with Crippen LogP contribution in [-0.4, -0.2) is 26.2 Å². The van der Waals surface area contributed by atoms with Gasteiger partial charge in [-0.2, -0.15) is 0 Å². The molecule has 0 aliphatic carbocycles. The molecule has 1 aromatic rings. The van der Waals surface area contributed by atoms with E-state index in [1.165, 1.54) is 0 Å². The first kappa shape index (κ1) is 12.2. The van der Waals surface area contributed by atoms with Crippen molar-refractivity contribution in [3.63, 3.8) is 0 Å². The van der Waals surface area contributed by atoms with Crippen LogP contribution in [0.2, 0.25) is 0 Å². The summed E-state index contributed by atoms with van der Waals surface area (Å²) in [6.07, 6.45) is 2.07. The number of aliphatic hydroxyl groups excluding tert-OH is 1. The van der Waals surface area contributed by atoms with Crippen molar-refractivity contribution in [3.8, 4) is 0 Å². The van der Waals surface area contributed by atoms with Crippen LogP contribution in [0.25, 0.3) is 0 Å². The molecule has 1 unspecified atom stereocenters. The number of aliphatic hydroxyl groups is 1. The summed E-state index contributed by atoms with van der Waals surface area (Å²) >= 11 is 0. The summed E-state index contributed by atoms with van der Waals surface area (Å²) in [5.74, 6) is 0.814. The maximum absolute atomic E-state index is 9.79. The SMILES string of the molecule is CC(C)Cn1nncc1CC(O)C(C)C. The van der Waals surface area contributed by atoms with Crippen LogP contribution < -0.4 is 0 Å². The van der Waals surface area contributed by atoms with Crippen molar-refractivity contribution in [1.29, 1.82) is 0 Å². The van der Waals surface area contributed by atoms with Gasteiger partial charge in [-0.15, -0.1) is 5.10 Å². The lowest BCUT2D eigenvalue weighted by molar-refractivity contribution is 0.123. The van der Waals surface area contributed by atoms with E-state index in [1.807, 2.05) is 18.5 Å². The van der Waals surface area contributed by atoms with Crippen molar-refractivity contribution in [2.75, 3.05) is 0 Å². The molecule has 0 bridgehead atoms. The Balaban J connectivity index is 2.64. The molecule has 0 saturated carbocycles. The minimum absolute atomic E-state index is 0.271. The fourth-order valence-electron chi connectivity index (χ4n) is 1.39. The second-order valence-corrected chi connectivity index (χ2v) is 4.82. The zero-order valence-corrected chi connectivity index (χ0v) is 10.0. The highest BCUT2D eigenvalue weighted by atomic mass is 16.3. The Kier molecular flexibility index (Phi) is 4.27. The number of hydrogen-bond donors (Lipinski definition) is 1. The molecule has 0 saturated heterocycles. The first-order valence-electron chi connectivity index (χ1n) is 5.56. The summed E-state index contributed by atoms with van der Waals surface area (Å²) in [5, 5.41) is 17.7. The van der Waals surface area contributed by atoms with E-state index in [4.69, 9.17) is 0 Å². The predicted molar refractivity (Wildman–Crippen MR) is 59.4 cm³/mol. The van der Waals surface area contributed by atoms with Crippen molar-refractivity contribution in [2.24, 2.45) is 11.8 Å². The van der Waals surface area contributed by atoms with Crippen LogP contribution in [0.1, 0.15) is 33.4 Å². The average Bonchev–Trinajstić information content (AvgIpc) is 2.51. The molecule has 0 aromatic carbocycles. The van der Waals surface area contributed by atoms with E-state index in [0.717, 1.165) is 12.2 Å². The molecule has 1 aromatic heterocycles. The van der Waals surface area contributed by atoms with Gasteiger partial charge < -0.3 is 5.11 Å². The van der Waals surface area contributed by atoms with Crippen LogP contribution in [0.4, 0.5) is 0 Å². The largest absolute Gasteiger partial charge is 0.392 e. The van der Waals surface area contributed by atoms with Gasteiger partial charge in [0.1, 0.15) is 0 Å². The van der Waals surface area contributed by atoms with E-state index in [1.54, 1.807) is 6.20 Å². The zero-order chi connectivity index (χ0) is 11.4. The quantitative estimate of drug-likeness (QED) is 0.803. The molecular formula is C11H21N3O. The molecule has 0 amide bonds. The molecule has 0 spiro atoms. The Morgan fingerprint density at radius 2 is 2.00 bits per heavy atom. The summed E-state index contributed by atoms with van der Waals surface area (Å²) in [5.41, 5.74) is 1.02. The molecule has 0 aliphatic heterocycles. The topological polar surface area (TPSA) is 50.9 Å². The molecule has 0 radical (unpaired) electrons. The fraction of sp³-hybridized carbons (Fsp3) is 0.818. The molecule has 15 heavy (non-hydrogen) atoms. The van der Waals surface area contributed by atoms with E-state index >= 15 is 0 Å².